The zero-order valence-electron chi connectivity index (χ0n) is 18.0. The first-order chi connectivity index (χ1) is 14.1. The molecule has 162 valence electrons. The van der Waals surface area contributed by atoms with Crippen LogP contribution in [0.1, 0.15) is 58.4 Å². The molecule has 2 amide bonds. The topological polar surface area (TPSA) is 79.5 Å². The lowest BCUT2D eigenvalue weighted by molar-refractivity contribution is -0.143. The Kier molecular flexibility index (Phi) is 6.81. The highest BCUT2D eigenvalue weighted by Crippen LogP contribution is 2.31. The van der Waals surface area contributed by atoms with Gasteiger partial charge in [-0.3, -0.25) is 9.59 Å². The fourth-order valence-electron chi connectivity index (χ4n) is 3.57. The smallest absolute Gasteiger partial charge is 0.249 e. The molecule has 2 heterocycles. The number of carbonyl (C=O) groups excluding carboxylic acids is 2. The summed E-state index contributed by atoms with van der Waals surface area (Å²) in [5.41, 5.74) is 0.640. The Morgan fingerprint density at radius 1 is 1.30 bits per heavy atom. The number of benzene rings is 1. The number of piperidine rings is 1. The van der Waals surface area contributed by atoms with Crippen molar-refractivity contribution in [2.45, 2.75) is 52.5 Å². The van der Waals surface area contributed by atoms with Crippen LogP contribution in [0.2, 0.25) is 5.02 Å². The van der Waals surface area contributed by atoms with Crippen LogP contribution in [0.15, 0.2) is 28.8 Å². The Balaban J connectivity index is 1.72. The summed E-state index contributed by atoms with van der Waals surface area (Å²) >= 11 is 6.06. The maximum atomic E-state index is 13.0. The number of likely N-dealkylation sites (N-methyl/N-ethyl adjacent to an activating group) is 1. The lowest BCUT2D eigenvalue weighted by Crippen LogP contribution is -2.45. The van der Waals surface area contributed by atoms with Crippen molar-refractivity contribution in [2.24, 2.45) is 5.41 Å². The van der Waals surface area contributed by atoms with Gasteiger partial charge in [0.2, 0.25) is 23.5 Å². The van der Waals surface area contributed by atoms with Gasteiger partial charge >= 0.3 is 0 Å². The first kappa shape index (κ1) is 22.3. The Labute approximate surface area is 182 Å². The Bertz CT molecular complexity index is 906. The van der Waals surface area contributed by atoms with Crippen molar-refractivity contribution in [1.82, 2.24) is 19.9 Å². The third-order valence-corrected chi connectivity index (χ3v) is 5.35. The molecule has 0 bridgehead atoms. The van der Waals surface area contributed by atoms with E-state index in [1.165, 1.54) is 4.90 Å². The van der Waals surface area contributed by atoms with Crippen LogP contribution in [0.4, 0.5) is 0 Å². The fraction of sp³-hybridized carbons (Fsp3) is 0.545. The molecule has 1 atom stereocenters. The normalized spacial score (nSPS) is 17.1. The molecule has 0 N–H and O–H groups in total. The standard InChI is InChI=1S/C22H29ClN4O3/c1-22(2,3)13-18(28)26(4)14-19(29)27-11-6-5-10-17(27)21-24-20(25-30-21)15-8-7-9-16(23)12-15/h7-9,12,17H,5-6,10-11,13-14H2,1-4H3. The third-order valence-electron chi connectivity index (χ3n) is 5.11. The number of amides is 2. The van der Waals surface area contributed by atoms with E-state index in [1.807, 2.05) is 32.9 Å². The Morgan fingerprint density at radius 3 is 2.77 bits per heavy atom. The molecule has 1 aliphatic heterocycles. The summed E-state index contributed by atoms with van der Waals surface area (Å²) in [6.45, 7) is 6.68. The van der Waals surface area contributed by atoms with E-state index in [4.69, 9.17) is 16.1 Å². The minimum Gasteiger partial charge on any atom is -0.337 e. The molecular weight excluding hydrogens is 404 g/mol. The summed E-state index contributed by atoms with van der Waals surface area (Å²) in [5.74, 6) is 0.724. The van der Waals surface area contributed by atoms with Crippen molar-refractivity contribution < 1.29 is 14.1 Å². The van der Waals surface area contributed by atoms with E-state index in [2.05, 4.69) is 10.1 Å². The van der Waals surface area contributed by atoms with Gasteiger partial charge in [-0.25, -0.2) is 0 Å². The van der Waals surface area contributed by atoms with E-state index < -0.39 is 0 Å². The van der Waals surface area contributed by atoms with Crippen LogP contribution in [0.25, 0.3) is 11.4 Å². The first-order valence-electron chi connectivity index (χ1n) is 10.3. The van der Waals surface area contributed by atoms with Crippen LogP contribution >= 0.6 is 11.6 Å². The van der Waals surface area contributed by atoms with Crippen LogP contribution in [0.3, 0.4) is 0 Å². The van der Waals surface area contributed by atoms with Gasteiger partial charge in [0.05, 0.1) is 6.54 Å². The monoisotopic (exact) mass is 432 g/mol. The van der Waals surface area contributed by atoms with Gasteiger partial charge in [-0.15, -0.1) is 0 Å². The average molecular weight is 433 g/mol. The Morgan fingerprint density at radius 2 is 2.07 bits per heavy atom. The van der Waals surface area contributed by atoms with Gasteiger partial charge in [-0.2, -0.15) is 4.98 Å². The highest BCUT2D eigenvalue weighted by molar-refractivity contribution is 6.30. The van der Waals surface area contributed by atoms with Gasteiger partial charge in [-0.1, -0.05) is 49.7 Å². The fourth-order valence-corrected chi connectivity index (χ4v) is 3.76. The van der Waals surface area contributed by atoms with Gasteiger partial charge in [-0.05, 0) is 36.8 Å². The molecule has 1 saturated heterocycles. The largest absolute Gasteiger partial charge is 0.337 e. The summed E-state index contributed by atoms with van der Waals surface area (Å²) < 4.78 is 5.52. The molecule has 0 radical (unpaired) electrons. The second kappa shape index (κ2) is 9.16. The molecule has 1 aromatic heterocycles. The second-order valence-corrected chi connectivity index (χ2v) is 9.49. The van der Waals surface area contributed by atoms with Crippen molar-refractivity contribution in [3.63, 3.8) is 0 Å². The predicted molar refractivity (Wildman–Crippen MR) is 115 cm³/mol. The highest BCUT2D eigenvalue weighted by Gasteiger charge is 2.33. The molecular formula is C22H29ClN4O3. The minimum absolute atomic E-state index is 0.0366. The number of hydrogen-bond acceptors (Lipinski definition) is 5. The molecule has 1 unspecified atom stereocenters. The van der Waals surface area contributed by atoms with Crippen molar-refractivity contribution in [3.05, 3.63) is 35.2 Å². The number of halogens is 1. The maximum absolute atomic E-state index is 13.0. The molecule has 0 spiro atoms. The number of rotatable bonds is 5. The predicted octanol–water partition coefficient (Wildman–Crippen LogP) is 4.34. The van der Waals surface area contributed by atoms with E-state index in [-0.39, 0.29) is 29.8 Å². The summed E-state index contributed by atoms with van der Waals surface area (Å²) in [7, 11) is 1.68. The molecule has 0 saturated carbocycles. The molecule has 0 aliphatic carbocycles. The van der Waals surface area contributed by atoms with E-state index >= 15 is 0 Å². The number of hydrogen-bond donors (Lipinski definition) is 0. The highest BCUT2D eigenvalue weighted by atomic mass is 35.5. The Hall–Kier alpha value is -2.41. The van der Waals surface area contributed by atoms with Crippen molar-refractivity contribution in [1.29, 1.82) is 0 Å². The number of nitrogens with zero attached hydrogens (tertiary/aromatic N) is 4. The molecule has 2 aromatic rings. The van der Waals surface area contributed by atoms with E-state index in [0.29, 0.717) is 29.7 Å². The third kappa shape index (κ3) is 5.59. The van der Waals surface area contributed by atoms with Crippen molar-refractivity contribution in [2.75, 3.05) is 20.1 Å². The number of likely N-dealkylation sites (tertiary alicyclic amines) is 1. The SMILES string of the molecule is CN(CC(=O)N1CCCCC1c1nc(-c2cccc(Cl)c2)no1)C(=O)CC(C)(C)C. The van der Waals surface area contributed by atoms with Gasteiger partial charge in [0.25, 0.3) is 0 Å². The molecule has 3 rings (SSSR count). The summed E-state index contributed by atoms with van der Waals surface area (Å²) in [5, 5.41) is 4.67. The average Bonchev–Trinajstić information content (AvgIpc) is 3.16. The maximum Gasteiger partial charge on any atom is 0.249 e. The minimum atomic E-state index is -0.280. The molecule has 1 aromatic carbocycles. The van der Waals surface area contributed by atoms with Crippen LogP contribution in [0, 0.1) is 5.41 Å². The lowest BCUT2D eigenvalue weighted by atomic mass is 9.91. The summed E-state index contributed by atoms with van der Waals surface area (Å²) in [6.07, 6.45) is 3.04. The summed E-state index contributed by atoms with van der Waals surface area (Å²) in [6, 6.07) is 6.97. The number of carbonyl (C=O) groups is 2. The lowest BCUT2D eigenvalue weighted by Gasteiger charge is -2.34. The zero-order chi connectivity index (χ0) is 21.9. The number of aromatic nitrogens is 2. The molecule has 8 heteroatoms. The first-order valence-corrected chi connectivity index (χ1v) is 10.6. The molecule has 7 nitrogen and oxygen atoms in total. The summed E-state index contributed by atoms with van der Waals surface area (Å²) in [4.78, 5) is 33.2. The van der Waals surface area contributed by atoms with Gasteiger partial charge in [0, 0.05) is 30.6 Å². The van der Waals surface area contributed by atoms with Crippen LogP contribution in [0.5, 0.6) is 0 Å². The van der Waals surface area contributed by atoms with E-state index in [9.17, 15) is 9.59 Å². The zero-order valence-corrected chi connectivity index (χ0v) is 18.8. The van der Waals surface area contributed by atoms with Gasteiger partial charge in [0.1, 0.15) is 6.04 Å². The van der Waals surface area contributed by atoms with Crippen molar-refractivity contribution >= 4 is 23.4 Å². The van der Waals surface area contributed by atoms with Gasteiger partial charge in [0.15, 0.2) is 0 Å². The van der Waals surface area contributed by atoms with E-state index in [1.54, 1.807) is 24.1 Å². The van der Waals surface area contributed by atoms with Gasteiger partial charge < -0.3 is 14.3 Å². The van der Waals surface area contributed by atoms with Crippen molar-refractivity contribution in [3.8, 4) is 11.4 Å². The van der Waals surface area contributed by atoms with Crippen LogP contribution in [-0.2, 0) is 9.59 Å². The quantitative estimate of drug-likeness (QED) is 0.702. The van der Waals surface area contributed by atoms with Crippen LogP contribution in [-0.4, -0.2) is 51.9 Å². The molecule has 30 heavy (non-hydrogen) atoms. The van der Waals surface area contributed by atoms with E-state index in [0.717, 1.165) is 24.8 Å². The molecule has 1 fully saturated rings. The second-order valence-electron chi connectivity index (χ2n) is 9.05. The molecule has 1 aliphatic rings. The van der Waals surface area contributed by atoms with Crippen LogP contribution < -0.4 is 0 Å².